The largest absolute Gasteiger partial charge is 0.357 e. The molecule has 158 valence electrons. The maximum absolute atomic E-state index is 4.75. The van der Waals surface area contributed by atoms with Gasteiger partial charge in [0.2, 0.25) is 0 Å². The van der Waals surface area contributed by atoms with Crippen LogP contribution in [0.5, 0.6) is 0 Å². The summed E-state index contributed by atoms with van der Waals surface area (Å²) in [6, 6.07) is 11.2. The number of aliphatic imine (C=N–C) groups is 1. The predicted molar refractivity (Wildman–Crippen MR) is 121 cm³/mol. The molecule has 1 fully saturated rings. The molecule has 28 heavy (non-hydrogen) atoms. The molecule has 2 N–H and O–H groups in total. The Kier molecular flexibility index (Phi) is 11.0. The molecule has 0 spiro atoms. The SMILES string of the molecule is CCNC(=NCCCCN1CCCC1)NCCC(C)N(C)Cc1ccccc1. The van der Waals surface area contributed by atoms with E-state index in [1.54, 1.807) is 0 Å². The van der Waals surface area contributed by atoms with E-state index in [4.69, 9.17) is 4.99 Å². The second-order valence-corrected chi connectivity index (χ2v) is 7.98. The summed E-state index contributed by atoms with van der Waals surface area (Å²) in [5, 5.41) is 6.88. The van der Waals surface area contributed by atoms with Crippen LogP contribution in [0.2, 0.25) is 0 Å². The number of rotatable bonds is 12. The fourth-order valence-corrected chi connectivity index (χ4v) is 3.63. The lowest BCUT2D eigenvalue weighted by Gasteiger charge is -2.25. The normalized spacial score (nSPS) is 16.5. The molecule has 1 unspecified atom stereocenters. The summed E-state index contributed by atoms with van der Waals surface area (Å²) in [5.74, 6) is 0.960. The van der Waals surface area contributed by atoms with Gasteiger partial charge in [-0.25, -0.2) is 0 Å². The summed E-state index contributed by atoms with van der Waals surface area (Å²) >= 11 is 0. The lowest BCUT2D eigenvalue weighted by Crippen LogP contribution is -2.40. The fraction of sp³-hybridized carbons (Fsp3) is 0.696. The van der Waals surface area contributed by atoms with Gasteiger partial charge in [-0.3, -0.25) is 9.89 Å². The van der Waals surface area contributed by atoms with Gasteiger partial charge in [-0.1, -0.05) is 30.3 Å². The van der Waals surface area contributed by atoms with Gasteiger partial charge in [0.1, 0.15) is 0 Å². The molecular weight excluding hydrogens is 346 g/mol. The van der Waals surface area contributed by atoms with Crippen LogP contribution in [0.4, 0.5) is 0 Å². The van der Waals surface area contributed by atoms with Crippen molar-refractivity contribution in [2.24, 2.45) is 4.99 Å². The van der Waals surface area contributed by atoms with Crippen molar-refractivity contribution in [3.63, 3.8) is 0 Å². The second-order valence-electron chi connectivity index (χ2n) is 7.98. The Labute approximate surface area is 172 Å². The van der Waals surface area contributed by atoms with Crippen molar-refractivity contribution in [1.82, 2.24) is 20.4 Å². The van der Waals surface area contributed by atoms with E-state index in [9.17, 15) is 0 Å². The lowest BCUT2D eigenvalue weighted by molar-refractivity contribution is 0.238. The molecule has 1 aromatic carbocycles. The Hall–Kier alpha value is -1.59. The molecule has 1 aliphatic rings. The second kappa shape index (κ2) is 13.6. The fourth-order valence-electron chi connectivity index (χ4n) is 3.63. The van der Waals surface area contributed by atoms with Crippen molar-refractivity contribution in [3.05, 3.63) is 35.9 Å². The summed E-state index contributed by atoms with van der Waals surface area (Å²) < 4.78 is 0. The van der Waals surface area contributed by atoms with Crippen LogP contribution in [-0.4, -0.2) is 68.1 Å². The maximum Gasteiger partial charge on any atom is 0.191 e. The van der Waals surface area contributed by atoms with Gasteiger partial charge in [0.25, 0.3) is 0 Å². The Morgan fingerprint density at radius 2 is 1.89 bits per heavy atom. The third kappa shape index (κ3) is 9.07. The number of guanidine groups is 1. The minimum Gasteiger partial charge on any atom is -0.357 e. The Bertz CT molecular complexity index is 539. The van der Waals surface area contributed by atoms with Gasteiger partial charge < -0.3 is 15.5 Å². The van der Waals surface area contributed by atoms with E-state index in [1.807, 2.05) is 0 Å². The van der Waals surface area contributed by atoms with Gasteiger partial charge in [-0.2, -0.15) is 0 Å². The third-order valence-corrected chi connectivity index (χ3v) is 5.58. The van der Waals surface area contributed by atoms with Crippen LogP contribution >= 0.6 is 0 Å². The minimum absolute atomic E-state index is 0.524. The van der Waals surface area contributed by atoms with Gasteiger partial charge in [0.05, 0.1) is 0 Å². The first-order valence-corrected chi connectivity index (χ1v) is 11.2. The minimum atomic E-state index is 0.524. The van der Waals surface area contributed by atoms with E-state index in [-0.39, 0.29) is 0 Å². The van der Waals surface area contributed by atoms with Gasteiger partial charge in [-0.15, -0.1) is 0 Å². The topological polar surface area (TPSA) is 42.9 Å². The Morgan fingerprint density at radius 1 is 1.14 bits per heavy atom. The third-order valence-electron chi connectivity index (χ3n) is 5.58. The van der Waals surface area contributed by atoms with Gasteiger partial charge in [0.15, 0.2) is 5.96 Å². The predicted octanol–water partition coefficient (Wildman–Crippen LogP) is 3.33. The van der Waals surface area contributed by atoms with Crippen molar-refractivity contribution in [2.45, 2.75) is 58.5 Å². The average molecular weight is 388 g/mol. The molecule has 0 aliphatic carbocycles. The molecule has 1 aromatic rings. The zero-order chi connectivity index (χ0) is 20.0. The lowest BCUT2D eigenvalue weighted by atomic mass is 10.1. The summed E-state index contributed by atoms with van der Waals surface area (Å²) in [7, 11) is 2.21. The zero-order valence-corrected chi connectivity index (χ0v) is 18.3. The first-order chi connectivity index (χ1) is 13.7. The van der Waals surface area contributed by atoms with Crippen LogP contribution in [0, 0.1) is 0 Å². The molecule has 0 bridgehead atoms. The van der Waals surface area contributed by atoms with E-state index in [1.165, 1.54) is 50.9 Å². The van der Waals surface area contributed by atoms with Crippen molar-refractivity contribution in [2.75, 3.05) is 46.3 Å². The van der Waals surface area contributed by atoms with Crippen molar-refractivity contribution < 1.29 is 0 Å². The van der Waals surface area contributed by atoms with Crippen LogP contribution in [0.3, 0.4) is 0 Å². The molecule has 0 saturated carbocycles. The standard InChI is InChI=1S/C23H41N5/c1-4-24-23(25-15-8-9-17-28-18-10-11-19-28)26-16-14-21(2)27(3)20-22-12-6-5-7-13-22/h5-7,12-13,21H,4,8-11,14-20H2,1-3H3,(H2,24,25,26). The van der Waals surface area contributed by atoms with Crippen molar-refractivity contribution in [1.29, 1.82) is 0 Å². The Balaban J connectivity index is 1.62. The maximum atomic E-state index is 4.75. The van der Waals surface area contributed by atoms with Crippen LogP contribution in [0.15, 0.2) is 35.3 Å². The smallest absolute Gasteiger partial charge is 0.191 e. The molecule has 5 heteroatoms. The molecule has 0 radical (unpaired) electrons. The molecule has 1 atom stereocenters. The number of nitrogens with one attached hydrogen (secondary N) is 2. The first-order valence-electron chi connectivity index (χ1n) is 11.2. The van der Waals surface area contributed by atoms with Gasteiger partial charge >= 0.3 is 0 Å². The van der Waals surface area contributed by atoms with Crippen LogP contribution in [0.1, 0.15) is 51.5 Å². The van der Waals surface area contributed by atoms with E-state index in [0.717, 1.165) is 38.6 Å². The summed E-state index contributed by atoms with van der Waals surface area (Å²) in [6.07, 6.45) is 6.29. The van der Waals surface area contributed by atoms with E-state index < -0.39 is 0 Å². The highest BCUT2D eigenvalue weighted by molar-refractivity contribution is 5.79. The molecule has 1 aliphatic heterocycles. The zero-order valence-electron chi connectivity index (χ0n) is 18.3. The molecular formula is C23H41N5. The number of likely N-dealkylation sites (tertiary alicyclic amines) is 1. The summed E-state index contributed by atoms with van der Waals surface area (Å²) in [4.78, 5) is 9.75. The van der Waals surface area contributed by atoms with E-state index >= 15 is 0 Å². The quantitative estimate of drug-likeness (QED) is 0.328. The average Bonchev–Trinajstić information content (AvgIpc) is 3.22. The molecule has 0 amide bonds. The number of hydrogen-bond acceptors (Lipinski definition) is 3. The van der Waals surface area contributed by atoms with Gasteiger partial charge in [-0.05, 0) is 78.2 Å². The molecule has 1 saturated heterocycles. The molecule has 5 nitrogen and oxygen atoms in total. The van der Waals surface area contributed by atoms with Crippen LogP contribution in [-0.2, 0) is 6.54 Å². The molecule has 1 heterocycles. The highest BCUT2D eigenvalue weighted by atomic mass is 15.2. The van der Waals surface area contributed by atoms with Crippen LogP contribution in [0.25, 0.3) is 0 Å². The summed E-state index contributed by atoms with van der Waals surface area (Å²) in [6.45, 7) is 12.0. The van der Waals surface area contributed by atoms with E-state index in [2.05, 4.69) is 71.7 Å². The van der Waals surface area contributed by atoms with Crippen LogP contribution < -0.4 is 10.6 Å². The molecule has 2 rings (SSSR count). The molecule has 0 aromatic heterocycles. The Morgan fingerprint density at radius 3 is 2.61 bits per heavy atom. The van der Waals surface area contributed by atoms with E-state index in [0.29, 0.717) is 6.04 Å². The highest BCUT2D eigenvalue weighted by Crippen LogP contribution is 2.09. The number of nitrogens with zero attached hydrogens (tertiary/aromatic N) is 3. The summed E-state index contributed by atoms with van der Waals surface area (Å²) in [5.41, 5.74) is 1.37. The van der Waals surface area contributed by atoms with Crippen molar-refractivity contribution >= 4 is 5.96 Å². The monoisotopic (exact) mass is 387 g/mol. The number of unbranched alkanes of at least 4 members (excludes halogenated alkanes) is 1. The highest BCUT2D eigenvalue weighted by Gasteiger charge is 2.11. The first kappa shape index (κ1) is 22.7. The number of benzene rings is 1. The van der Waals surface area contributed by atoms with Crippen molar-refractivity contribution in [3.8, 4) is 0 Å². The van der Waals surface area contributed by atoms with Gasteiger partial charge in [0, 0.05) is 32.2 Å². The number of hydrogen-bond donors (Lipinski definition) is 2.